The first-order valence-electron chi connectivity index (χ1n) is 7.85. The molecule has 0 spiro atoms. The van der Waals surface area contributed by atoms with Crippen LogP contribution >= 0.6 is 0 Å². The maximum atomic E-state index is 12.7. The lowest BCUT2D eigenvalue weighted by molar-refractivity contribution is 0.0681. The van der Waals surface area contributed by atoms with E-state index in [1.165, 1.54) is 12.8 Å². The van der Waals surface area contributed by atoms with Crippen molar-refractivity contribution in [3.05, 3.63) is 29.8 Å². The van der Waals surface area contributed by atoms with Crippen LogP contribution in [0.25, 0.3) is 0 Å². The molecule has 21 heavy (non-hydrogen) atoms. The zero-order valence-electron chi connectivity index (χ0n) is 13.2. The Labute approximate surface area is 127 Å². The van der Waals surface area contributed by atoms with Crippen LogP contribution in [0.3, 0.4) is 0 Å². The van der Waals surface area contributed by atoms with E-state index in [0.29, 0.717) is 18.1 Å². The molecule has 0 radical (unpaired) electrons. The van der Waals surface area contributed by atoms with Gasteiger partial charge >= 0.3 is 0 Å². The molecule has 2 heterocycles. The van der Waals surface area contributed by atoms with E-state index in [1.807, 2.05) is 55.2 Å². The third kappa shape index (κ3) is 2.91. The standard InChI is InChI=1S/C17H25N3O/c1-19(2)15-8-4-12(5-9-15)17(21)20(3)16-10-13-6-7-14(11-16)18-13/h4-5,8-9,13-14,16,18H,6-7,10-11H2,1-3H3. The van der Waals surface area contributed by atoms with Crippen LogP contribution in [0.5, 0.6) is 0 Å². The number of anilines is 1. The van der Waals surface area contributed by atoms with Gasteiger partial charge in [0.2, 0.25) is 0 Å². The molecule has 1 N–H and O–H groups in total. The van der Waals surface area contributed by atoms with Crippen molar-refractivity contribution in [1.82, 2.24) is 10.2 Å². The first-order valence-corrected chi connectivity index (χ1v) is 7.85. The minimum atomic E-state index is 0.145. The fourth-order valence-electron chi connectivity index (χ4n) is 3.62. The molecule has 1 aromatic carbocycles. The number of carbonyl (C=O) groups excluding carboxylic acids is 1. The lowest BCUT2D eigenvalue weighted by Gasteiger charge is -2.35. The van der Waals surface area contributed by atoms with Crippen molar-refractivity contribution in [3.8, 4) is 0 Å². The molecule has 1 amide bonds. The van der Waals surface area contributed by atoms with Gasteiger partial charge in [0, 0.05) is 50.5 Å². The molecule has 0 saturated carbocycles. The highest BCUT2D eigenvalue weighted by molar-refractivity contribution is 5.94. The number of hydrogen-bond donors (Lipinski definition) is 1. The Bertz CT molecular complexity index is 499. The van der Waals surface area contributed by atoms with Crippen LogP contribution in [-0.2, 0) is 0 Å². The van der Waals surface area contributed by atoms with E-state index in [2.05, 4.69) is 5.32 Å². The fraction of sp³-hybridized carbons (Fsp3) is 0.588. The molecule has 1 aromatic rings. The molecule has 2 bridgehead atoms. The first kappa shape index (κ1) is 14.4. The quantitative estimate of drug-likeness (QED) is 0.925. The topological polar surface area (TPSA) is 35.6 Å². The Morgan fingerprint density at radius 3 is 2.14 bits per heavy atom. The third-order valence-electron chi connectivity index (χ3n) is 4.95. The van der Waals surface area contributed by atoms with Crippen molar-refractivity contribution in [1.29, 1.82) is 0 Å². The zero-order valence-corrected chi connectivity index (χ0v) is 13.2. The Kier molecular flexibility index (Phi) is 3.89. The van der Waals surface area contributed by atoms with Gasteiger partial charge in [-0.05, 0) is 49.9 Å². The van der Waals surface area contributed by atoms with Gasteiger partial charge in [-0.25, -0.2) is 0 Å². The lowest BCUT2D eigenvalue weighted by Crippen LogP contribution is -2.48. The maximum Gasteiger partial charge on any atom is 0.253 e. The smallest absolute Gasteiger partial charge is 0.253 e. The van der Waals surface area contributed by atoms with Gasteiger partial charge in [-0.3, -0.25) is 4.79 Å². The van der Waals surface area contributed by atoms with E-state index in [9.17, 15) is 4.79 Å². The molecule has 4 heteroatoms. The van der Waals surface area contributed by atoms with Crippen molar-refractivity contribution < 1.29 is 4.79 Å². The minimum absolute atomic E-state index is 0.145. The average Bonchev–Trinajstić information content (AvgIpc) is 2.84. The molecule has 0 aromatic heterocycles. The second kappa shape index (κ2) is 5.68. The minimum Gasteiger partial charge on any atom is -0.378 e. The molecule has 4 nitrogen and oxygen atoms in total. The van der Waals surface area contributed by atoms with E-state index >= 15 is 0 Å². The summed E-state index contributed by atoms with van der Waals surface area (Å²) in [5.74, 6) is 0.145. The summed E-state index contributed by atoms with van der Waals surface area (Å²) in [6, 6.07) is 9.48. The zero-order chi connectivity index (χ0) is 15.0. The van der Waals surface area contributed by atoms with Crippen LogP contribution in [0, 0.1) is 0 Å². The van der Waals surface area contributed by atoms with E-state index < -0.39 is 0 Å². The monoisotopic (exact) mass is 287 g/mol. The molecule has 2 aliphatic heterocycles. The average molecular weight is 287 g/mol. The number of hydrogen-bond acceptors (Lipinski definition) is 3. The maximum absolute atomic E-state index is 12.7. The van der Waals surface area contributed by atoms with Crippen molar-refractivity contribution in [3.63, 3.8) is 0 Å². The predicted molar refractivity (Wildman–Crippen MR) is 85.8 cm³/mol. The second-order valence-electron chi connectivity index (χ2n) is 6.62. The van der Waals surface area contributed by atoms with Gasteiger partial charge in [-0.1, -0.05) is 0 Å². The number of nitrogens with zero attached hydrogens (tertiary/aromatic N) is 2. The molecule has 2 unspecified atom stereocenters. The van der Waals surface area contributed by atoms with Crippen LogP contribution in [0.4, 0.5) is 5.69 Å². The highest BCUT2D eigenvalue weighted by Crippen LogP contribution is 2.29. The Hall–Kier alpha value is -1.55. The molecule has 2 aliphatic rings. The summed E-state index contributed by atoms with van der Waals surface area (Å²) in [4.78, 5) is 16.7. The molecule has 2 atom stereocenters. The van der Waals surface area contributed by atoms with Gasteiger partial charge in [0.1, 0.15) is 0 Å². The highest BCUT2D eigenvalue weighted by atomic mass is 16.2. The first-order chi connectivity index (χ1) is 10.0. The van der Waals surface area contributed by atoms with Crippen molar-refractivity contribution >= 4 is 11.6 Å². The van der Waals surface area contributed by atoms with E-state index in [1.54, 1.807) is 0 Å². The summed E-state index contributed by atoms with van der Waals surface area (Å²) in [6.45, 7) is 0. The van der Waals surface area contributed by atoms with Gasteiger partial charge in [-0.15, -0.1) is 0 Å². The molecule has 0 aliphatic carbocycles. The molecular formula is C17H25N3O. The van der Waals surface area contributed by atoms with Gasteiger partial charge in [0.25, 0.3) is 5.91 Å². The predicted octanol–water partition coefficient (Wildman–Crippen LogP) is 2.11. The van der Waals surface area contributed by atoms with Crippen LogP contribution < -0.4 is 10.2 Å². The highest BCUT2D eigenvalue weighted by Gasteiger charge is 2.36. The fourth-order valence-corrected chi connectivity index (χ4v) is 3.62. The SMILES string of the molecule is CN(C)c1ccc(C(=O)N(C)C2CC3CCC(C2)N3)cc1. The number of piperidine rings is 1. The van der Waals surface area contributed by atoms with Crippen LogP contribution in [0.15, 0.2) is 24.3 Å². The summed E-state index contributed by atoms with van der Waals surface area (Å²) < 4.78 is 0. The van der Waals surface area contributed by atoms with Crippen LogP contribution in [-0.4, -0.2) is 50.1 Å². The molecule has 2 fully saturated rings. The van der Waals surface area contributed by atoms with E-state index in [4.69, 9.17) is 0 Å². The Morgan fingerprint density at radius 2 is 1.62 bits per heavy atom. The molecular weight excluding hydrogens is 262 g/mol. The Balaban J connectivity index is 1.69. The lowest BCUT2D eigenvalue weighted by atomic mass is 9.98. The number of amides is 1. The number of rotatable bonds is 3. The summed E-state index contributed by atoms with van der Waals surface area (Å²) in [6.07, 6.45) is 4.71. The van der Waals surface area contributed by atoms with Gasteiger partial charge < -0.3 is 15.1 Å². The second-order valence-corrected chi connectivity index (χ2v) is 6.62. The molecule has 2 saturated heterocycles. The summed E-state index contributed by atoms with van der Waals surface area (Å²) in [5, 5.41) is 3.63. The third-order valence-corrected chi connectivity index (χ3v) is 4.95. The molecule has 3 rings (SSSR count). The number of fused-ring (bicyclic) bond motifs is 2. The van der Waals surface area contributed by atoms with E-state index in [-0.39, 0.29) is 5.91 Å². The van der Waals surface area contributed by atoms with Crippen LogP contribution in [0.2, 0.25) is 0 Å². The van der Waals surface area contributed by atoms with Crippen LogP contribution in [0.1, 0.15) is 36.0 Å². The largest absolute Gasteiger partial charge is 0.378 e. The summed E-state index contributed by atoms with van der Waals surface area (Å²) in [7, 11) is 5.97. The van der Waals surface area contributed by atoms with Crippen molar-refractivity contribution in [2.75, 3.05) is 26.0 Å². The number of benzene rings is 1. The van der Waals surface area contributed by atoms with Crippen molar-refractivity contribution in [2.45, 2.75) is 43.8 Å². The van der Waals surface area contributed by atoms with Gasteiger partial charge in [0.05, 0.1) is 0 Å². The Morgan fingerprint density at radius 1 is 1.05 bits per heavy atom. The molecule has 114 valence electrons. The number of carbonyl (C=O) groups is 1. The normalized spacial score (nSPS) is 27.5. The van der Waals surface area contributed by atoms with Gasteiger partial charge in [-0.2, -0.15) is 0 Å². The van der Waals surface area contributed by atoms with Crippen molar-refractivity contribution in [2.24, 2.45) is 0 Å². The van der Waals surface area contributed by atoms with Gasteiger partial charge in [0.15, 0.2) is 0 Å². The van der Waals surface area contributed by atoms with E-state index in [0.717, 1.165) is 24.1 Å². The number of nitrogens with one attached hydrogen (secondary N) is 1. The summed E-state index contributed by atoms with van der Waals surface area (Å²) in [5.41, 5.74) is 1.91. The summed E-state index contributed by atoms with van der Waals surface area (Å²) >= 11 is 0.